The van der Waals surface area contributed by atoms with Crippen LogP contribution >= 0.6 is 0 Å². The number of methoxy groups -OCH3 is 3. The highest BCUT2D eigenvalue weighted by atomic mass is 16.6. The first-order valence-corrected chi connectivity index (χ1v) is 18.8. The van der Waals surface area contributed by atoms with Crippen molar-refractivity contribution in [3.8, 4) is 11.5 Å². The van der Waals surface area contributed by atoms with Gasteiger partial charge in [-0.1, -0.05) is 72.8 Å². The summed E-state index contributed by atoms with van der Waals surface area (Å²) in [5.41, 5.74) is 2.18. The molecule has 0 aliphatic carbocycles. The molecule has 304 valence electrons. The number of hydrogen-bond donors (Lipinski definition) is 1. The molecule has 1 aliphatic rings. The van der Waals surface area contributed by atoms with E-state index in [1.807, 2.05) is 84.9 Å². The standard InChI is InChI=1S/C44H43N5O10/c1-48(42(53)28-11-7-5-8-12-28)40-37-41(46-26-45-40)49(27-47-37)43-39(56-4)38(59-36(52)24-23-35(50)51)34(58-43)25-57-44(29-13-9-6-10-14-29,30-15-19-32(54-2)20-16-30)31-17-21-33(55-3)22-18-31/h5-22,26-27,34,38-39,43H,23-25H2,1-4H3,(H,50,51)/t34-,38?,39?,43-/m1/s1. The summed E-state index contributed by atoms with van der Waals surface area (Å²) in [6, 6.07) is 33.5. The molecule has 0 bridgehead atoms. The number of nitrogens with zero attached hydrogens (tertiary/aromatic N) is 5. The summed E-state index contributed by atoms with van der Waals surface area (Å²) in [5, 5.41) is 9.33. The quantitative estimate of drug-likeness (QED) is 0.0918. The average molecular weight is 802 g/mol. The van der Waals surface area contributed by atoms with Gasteiger partial charge in [-0.25, -0.2) is 15.0 Å². The second-order valence-electron chi connectivity index (χ2n) is 13.7. The van der Waals surface area contributed by atoms with E-state index in [2.05, 4.69) is 15.0 Å². The van der Waals surface area contributed by atoms with Crippen LogP contribution in [0.1, 0.15) is 46.1 Å². The van der Waals surface area contributed by atoms with Crippen LogP contribution in [0.2, 0.25) is 0 Å². The lowest BCUT2D eigenvalue weighted by Crippen LogP contribution is -2.42. The molecule has 6 aromatic rings. The normalized spacial score (nSPS) is 17.7. The number of aromatic nitrogens is 4. The molecule has 0 radical (unpaired) electrons. The molecule has 3 heterocycles. The van der Waals surface area contributed by atoms with Crippen LogP contribution in [0.25, 0.3) is 11.2 Å². The van der Waals surface area contributed by atoms with Crippen molar-refractivity contribution in [2.45, 2.75) is 43.0 Å². The molecular formula is C44H43N5O10. The first-order chi connectivity index (χ1) is 28.7. The second kappa shape index (κ2) is 17.9. The number of hydrogen-bond acceptors (Lipinski definition) is 12. The molecule has 7 rings (SSSR count). The van der Waals surface area contributed by atoms with Crippen LogP contribution in [0.4, 0.5) is 5.82 Å². The van der Waals surface area contributed by atoms with Gasteiger partial charge in [-0.2, -0.15) is 0 Å². The van der Waals surface area contributed by atoms with E-state index in [0.29, 0.717) is 28.2 Å². The lowest BCUT2D eigenvalue weighted by Gasteiger charge is -2.37. The van der Waals surface area contributed by atoms with Gasteiger partial charge in [0.1, 0.15) is 35.6 Å². The largest absolute Gasteiger partial charge is 0.497 e. The van der Waals surface area contributed by atoms with Crippen molar-refractivity contribution >= 4 is 34.8 Å². The molecule has 4 atom stereocenters. The lowest BCUT2D eigenvalue weighted by molar-refractivity contribution is -0.161. The van der Waals surface area contributed by atoms with Gasteiger partial charge < -0.3 is 33.5 Å². The molecule has 4 aromatic carbocycles. The van der Waals surface area contributed by atoms with Crippen molar-refractivity contribution in [2.75, 3.05) is 39.9 Å². The number of carboxylic acid groups (broad SMARTS) is 1. The van der Waals surface area contributed by atoms with E-state index < -0.39 is 48.5 Å². The van der Waals surface area contributed by atoms with Crippen molar-refractivity contribution in [2.24, 2.45) is 0 Å². The zero-order chi connectivity index (χ0) is 41.5. The predicted molar refractivity (Wildman–Crippen MR) is 214 cm³/mol. The average Bonchev–Trinajstić information content (AvgIpc) is 3.87. The topological polar surface area (TPSA) is 174 Å². The highest BCUT2D eigenvalue weighted by Gasteiger charge is 2.51. The Morgan fingerprint density at radius 3 is 1.93 bits per heavy atom. The number of carboxylic acids is 1. The maximum atomic E-state index is 13.4. The Labute approximate surface area is 340 Å². The van der Waals surface area contributed by atoms with E-state index >= 15 is 0 Å². The number of carbonyl (C=O) groups is 3. The Hall–Kier alpha value is -6.68. The van der Waals surface area contributed by atoms with Gasteiger partial charge in [-0.3, -0.25) is 23.9 Å². The molecule has 1 fully saturated rings. The number of anilines is 1. The minimum Gasteiger partial charge on any atom is -0.497 e. The Morgan fingerprint density at radius 2 is 1.36 bits per heavy atom. The zero-order valence-corrected chi connectivity index (χ0v) is 32.8. The van der Waals surface area contributed by atoms with Gasteiger partial charge in [-0.05, 0) is 53.1 Å². The van der Waals surface area contributed by atoms with Crippen molar-refractivity contribution in [1.29, 1.82) is 0 Å². The van der Waals surface area contributed by atoms with Gasteiger partial charge in [0.25, 0.3) is 5.91 Å². The molecule has 1 saturated heterocycles. The molecule has 1 aliphatic heterocycles. The zero-order valence-electron chi connectivity index (χ0n) is 32.8. The first-order valence-electron chi connectivity index (χ1n) is 18.8. The van der Waals surface area contributed by atoms with Crippen LogP contribution in [0.15, 0.2) is 122 Å². The van der Waals surface area contributed by atoms with Crippen LogP contribution in [-0.2, 0) is 34.1 Å². The number of esters is 1. The molecule has 0 spiro atoms. The van der Waals surface area contributed by atoms with Crippen molar-refractivity contribution < 1.29 is 47.9 Å². The fraction of sp³-hybridized carbons (Fsp3) is 0.273. The lowest BCUT2D eigenvalue weighted by atomic mass is 9.80. The molecule has 2 aromatic heterocycles. The Balaban J connectivity index is 1.29. The van der Waals surface area contributed by atoms with E-state index in [-0.39, 0.29) is 24.8 Å². The third-order valence-corrected chi connectivity index (χ3v) is 10.3. The van der Waals surface area contributed by atoms with E-state index in [1.165, 1.54) is 24.7 Å². The van der Waals surface area contributed by atoms with E-state index in [1.54, 1.807) is 50.1 Å². The third-order valence-electron chi connectivity index (χ3n) is 10.3. The minimum atomic E-state index is -1.25. The maximum Gasteiger partial charge on any atom is 0.306 e. The van der Waals surface area contributed by atoms with Gasteiger partial charge >= 0.3 is 11.9 Å². The number of ether oxygens (including phenoxy) is 6. The number of fused-ring (bicyclic) bond motifs is 1. The highest BCUT2D eigenvalue weighted by Crippen LogP contribution is 2.44. The number of rotatable bonds is 16. The molecule has 1 N–H and O–H groups in total. The number of aliphatic carboxylic acids is 1. The molecular weight excluding hydrogens is 759 g/mol. The third kappa shape index (κ3) is 8.21. The van der Waals surface area contributed by atoms with E-state index in [9.17, 15) is 19.5 Å². The van der Waals surface area contributed by atoms with Crippen molar-refractivity contribution in [1.82, 2.24) is 19.5 Å². The van der Waals surface area contributed by atoms with Crippen LogP contribution in [0, 0.1) is 0 Å². The Morgan fingerprint density at radius 1 is 0.763 bits per heavy atom. The Kier molecular flexibility index (Phi) is 12.3. The fourth-order valence-corrected chi connectivity index (χ4v) is 7.30. The molecule has 15 nitrogen and oxygen atoms in total. The summed E-state index contributed by atoms with van der Waals surface area (Å²) in [6.07, 6.45) is -1.99. The molecule has 59 heavy (non-hydrogen) atoms. The number of benzene rings is 4. The minimum absolute atomic E-state index is 0.151. The second-order valence-corrected chi connectivity index (χ2v) is 13.7. The van der Waals surface area contributed by atoms with E-state index in [4.69, 9.17) is 28.4 Å². The smallest absolute Gasteiger partial charge is 0.306 e. The highest BCUT2D eigenvalue weighted by molar-refractivity contribution is 6.08. The monoisotopic (exact) mass is 801 g/mol. The maximum absolute atomic E-state index is 13.4. The van der Waals surface area contributed by atoms with E-state index in [0.717, 1.165) is 16.7 Å². The number of amides is 1. The molecule has 15 heteroatoms. The van der Waals surface area contributed by atoms with Crippen LogP contribution in [-0.4, -0.2) is 95.8 Å². The summed E-state index contributed by atoms with van der Waals surface area (Å²) in [7, 11) is 6.24. The molecule has 1 amide bonds. The van der Waals surface area contributed by atoms with Gasteiger partial charge in [0.2, 0.25) is 0 Å². The van der Waals surface area contributed by atoms with Crippen LogP contribution in [0.5, 0.6) is 11.5 Å². The molecule has 0 saturated carbocycles. The summed E-state index contributed by atoms with van der Waals surface area (Å²) >= 11 is 0. The molecule has 2 unspecified atom stereocenters. The Bertz CT molecular complexity index is 2330. The number of imidazole rings is 1. The predicted octanol–water partition coefficient (Wildman–Crippen LogP) is 5.82. The summed E-state index contributed by atoms with van der Waals surface area (Å²) in [5.74, 6) is -0.633. The summed E-state index contributed by atoms with van der Waals surface area (Å²) in [6.45, 7) is -0.151. The van der Waals surface area contributed by atoms with Gasteiger partial charge in [0, 0.05) is 19.7 Å². The first kappa shape index (κ1) is 40.5. The van der Waals surface area contributed by atoms with Crippen molar-refractivity contribution in [3.05, 3.63) is 144 Å². The van der Waals surface area contributed by atoms with Gasteiger partial charge in [0.15, 0.2) is 29.3 Å². The van der Waals surface area contributed by atoms with Crippen LogP contribution < -0.4 is 14.4 Å². The fourth-order valence-electron chi connectivity index (χ4n) is 7.30. The summed E-state index contributed by atoms with van der Waals surface area (Å²) < 4.78 is 38.6. The van der Waals surface area contributed by atoms with Crippen molar-refractivity contribution in [3.63, 3.8) is 0 Å². The van der Waals surface area contributed by atoms with Crippen LogP contribution in [0.3, 0.4) is 0 Å². The summed E-state index contributed by atoms with van der Waals surface area (Å²) in [4.78, 5) is 53.0. The van der Waals surface area contributed by atoms with Gasteiger partial charge in [0.05, 0.1) is 40.0 Å². The van der Waals surface area contributed by atoms with Gasteiger partial charge in [-0.15, -0.1) is 0 Å². The SMILES string of the molecule is COc1ccc(C(OC[C@H]2O[C@@H](n3cnc4c(N(C)C(=O)c5ccccc5)ncnc43)C(OC)C2OC(=O)CCC(=O)O)(c2ccccc2)c2ccc(OC)cc2)cc1. The number of carbonyl (C=O) groups excluding carboxylic acids is 2.